The van der Waals surface area contributed by atoms with E-state index < -0.39 is 0 Å². The lowest BCUT2D eigenvalue weighted by Crippen LogP contribution is -1.82. The molecular formula is C17H10Cl2N4O2. The van der Waals surface area contributed by atoms with Gasteiger partial charge in [0.2, 0.25) is 5.88 Å². The van der Waals surface area contributed by atoms with Gasteiger partial charge in [-0.15, -0.1) is 10.2 Å². The quantitative estimate of drug-likeness (QED) is 0.385. The van der Waals surface area contributed by atoms with Gasteiger partial charge < -0.3 is 15.2 Å². The summed E-state index contributed by atoms with van der Waals surface area (Å²) < 4.78 is 0. The number of hydrogen-bond acceptors (Lipinski definition) is 5. The van der Waals surface area contributed by atoms with Crippen LogP contribution in [0.2, 0.25) is 10.0 Å². The molecule has 0 spiro atoms. The number of nitrogens with one attached hydrogen (secondary N) is 1. The molecule has 0 bridgehead atoms. The summed E-state index contributed by atoms with van der Waals surface area (Å²) in [5.41, 5.74) is 1.29. The number of azo groups is 1. The molecule has 2 aromatic heterocycles. The number of para-hydroxylation sites is 1. The number of nitrogens with zero attached hydrogens (tertiary/aromatic N) is 3. The molecule has 0 fully saturated rings. The summed E-state index contributed by atoms with van der Waals surface area (Å²) in [4.78, 5) is 7.06. The summed E-state index contributed by atoms with van der Waals surface area (Å²) in [6.07, 6.45) is 0. The number of fused-ring (bicyclic) bond motifs is 2. The Hall–Kier alpha value is -2.83. The largest absolute Gasteiger partial charge is 0.504 e. The Morgan fingerprint density at radius 3 is 2.56 bits per heavy atom. The highest BCUT2D eigenvalue weighted by Gasteiger charge is 2.12. The van der Waals surface area contributed by atoms with Crippen molar-refractivity contribution in [2.24, 2.45) is 10.2 Å². The standard InChI is InChI=1S/C17H10Cl2N4O2/c18-10-7-11(19)16(24)14-8(10)5-6-13(21-14)22-23-15-9-3-1-2-4-12(9)20-17(15)25/h1-7,20,24-25H. The number of aromatic hydroxyl groups is 2. The SMILES string of the molecule is Oc1[nH]c2ccccc2c1N=Nc1ccc2c(Cl)cc(Cl)c(O)c2n1. The van der Waals surface area contributed by atoms with E-state index in [0.29, 0.717) is 16.1 Å². The van der Waals surface area contributed by atoms with Crippen molar-refractivity contribution in [3.8, 4) is 11.6 Å². The van der Waals surface area contributed by atoms with Crippen molar-refractivity contribution in [1.82, 2.24) is 9.97 Å². The van der Waals surface area contributed by atoms with Crippen molar-refractivity contribution >= 4 is 56.5 Å². The number of H-pyrrole nitrogens is 1. The molecular weight excluding hydrogens is 363 g/mol. The van der Waals surface area contributed by atoms with E-state index in [4.69, 9.17) is 23.2 Å². The average molecular weight is 373 g/mol. The van der Waals surface area contributed by atoms with Gasteiger partial charge in [-0.3, -0.25) is 0 Å². The molecule has 0 atom stereocenters. The number of pyridine rings is 1. The summed E-state index contributed by atoms with van der Waals surface area (Å²) in [7, 11) is 0. The van der Waals surface area contributed by atoms with Gasteiger partial charge in [-0.1, -0.05) is 41.4 Å². The first-order valence-electron chi connectivity index (χ1n) is 7.23. The lowest BCUT2D eigenvalue weighted by molar-refractivity contribution is 0.459. The zero-order chi connectivity index (χ0) is 17.6. The first-order valence-corrected chi connectivity index (χ1v) is 7.99. The number of hydrogen-bond donors (Lipinski definition) is 3. The summed E-state index contributed by atoms with van der Waals surface area (Å²) in [6.45, 7) is 0. The van der Waals surface area contributed by atoms with Gasteiger partial charge in [0, 0.05) is 10.8 Å². The predicted octanol–water partition coefficient (Wildman–Crippen LogP) is 5.85. The van der Waals surface area contributed by atoms with Crippen LogP contribution in [0.15, 0.2) is 52.7 Å². The molecule has 2 heterocycles. The molecule has 0 saturated carbocycles. The minimum atomic E-state index is -0.173. The molecule has 0 aliphatic heterocycles. The third-order valence-electron chi connectivity index (χ3n) is 3.75. The molecule has 3 N–H and O–H groups in total. The third kappa shape index (κ3) is 2.65. The van der Waals surface area contributed by atoms with Gasteiger partial charge in [-0.2, -0.15) is 0 Å². The number of rotatable bonds is 2. The van der Waals surface area contributed by atoms with E-state index in [1.165, 1.54) is 6.07 Å². The van der Waals surface area contributed by atoms with Crippen LogP contribution in [-0.4, -0.2) is 20.2 Å². The van der Waals surface area contributed by atoms with Crippen LogP contribution < -0.4 is 0 Å². The van der Waals surface area contributed by atoms with Crippen LogP contribution in [-0.2, 0) is 0 Å². The van der Waals surface area contributed by atoms with E-state index in [1.807, 2.05) is 24.3 Å². The highest BCUT2D eigenvalue weighted by molar-refractivity contribution is 6.39. The van der Waals surface area contributed by atoms with Crippen molar-refractivity contribution in [3.63, 3.8) is 0 Å². The summed E-state index contributed by atoms with van der Waals surface area (Å²) in [5, 5.41) is 30.0. The molecule has 0 radical (unpaired) electrons. The number of phenols is 1. The third-order valence-corrected chi connectivity index (χ3v) is 4.35. The first kappa shape index (κ1) is 15.7. The number of aromatic nitrogens is 2. The van der Waals surface area contributed by atoms with E-state index in [-0.39, 0.29) is 28.0 Å². The second-order valence-corrected chi connectivity index (χ2v) is 6.14. The van der Waals surface area contributed by atoms with Gasteiger partial charge in [0.1, 0.15) is 5.52 Å². The summed E-state index contributed by atoms with van der Waals surface area (Å²) in [6, 6.07) is 12.1. The fourth-order valence-corrected chi connectivity index (χ4v) is 3.08. The van der Waals surface area contributed by atoms with Gasteiger partial charge in [-0.05, 0) is 24.3 Å². The van der Waals surface area contributed by atoms with E-state index in [0.717, 1.165) is 10.9 Å². The Bertz CT molecular complexity index is 1150. The number of phenolic OH excluding ortho intramolecular Hbond substituents is 1. The molecule has 0 unspecified atom stereocenters. The fourth-order valence-electron chi connectivity index (χ4n) is 2.56. The van der Waals surface area contributed by atoms with E-state index in [9.17, 15) is 10.2 Å². The molecule has 0 saturated heterocycles. The Morgan fingerprint density at radius 2 is 1.72 bits per heavy atom. The lowest BCUT2D eigenvalue weighted by Gasteiger charge is -2.05. The van der Waals surface area contributed by atoms with Crippen molar-refractivity contribution < 1.29 is 10.2 Å². The normalized spacial score (nSPS) is 11.8. The maximum atomic E-state index is 10.1. The average Bonchev–Trinajstić information content (AvgIpc) is 2.93. The minimum absolute atomic E-state index is 0.0836. The van der Waals surface area contributed by atoms with Crippen LogP contribution in [0, 0.1) is 0 Å². The van der Waals surface area contributed by atoms with E-state index >= 15 is 0 Å². The molecule has 124 valence electrons. The monoisotopic (exact) mass is 372 g/mol. The van der Waals surface area contributed by atoms with Crippen LogP contribution in [0.3, 0.4) is 0 Å². The van der Waals surface area contributed by atoms with Gasteiger partial charge in [0.15, 0.2) is 17.3 Å². The molecule has 6 nitrogen and oxygen atoms in total. The van der Waals surface area contributed by atoms with Crippen molar-refractivity contribution in [1.29, 1.82) is 0 Å². The van der Waals surface area contributed by atoms with Crippen LogP contribution in [0.25, 0.3) is 21.8 Å². The molecule has 2 aromatic carbocycles. The second kappa shape index (κ2) is 5.91. The molecule has 0 aliphatic carbocycles. The molecule has 4 rings (SSSR count). The Labute approximate surface area is 151 Å². The van der Waals surface area contributed by atoms with Crippen LogP contribution >= 0.6 is 23.2 Å². The van der Waals surface area contributed by atoms with Gasteiger partial charge >= 0.3 is 0 Å². The van der Waals surface area contributed by atoms with Crippen LogP contribution in [0.1, 0.15) is 0 Å². The Balaban J connectivity index is 1.81. The lowest BCUT2D eigenvalue weighted by atomic mass is 10.2. The van der Waals surface area contributed by atoms with E-state index in [1.54, 1.807) is 12.1 Å². The van der Waals surface area contributed by atoms with Crippen LogP contribution in [0.4, 0.5) is 11.5 Å². The van der Waals surface area contributed by atoms with Crippen molar-refractivity contribution in [3.05, 3.63) is 52.5 Å². The number of benzene rings is 2. The van der Waals surface area contributed by atoms with Crippen molar-refractivity contribution in [2.45, 2.75) is 0 Å². The first-order chi connectivity index (χ1) is 12.0. The predicted molar refractivity (Wildman–Crippen MR) is 97.6 cm³/mol. The molecule has 0 aliphatic rings. The van der Waals surface area contributed by atoms with Crippen molar-refractivity contribution in [2.75, 3.05) is 0 Å². The highest BCUT2D eigenvalue weighted by Crippen LogP contribution is 2.38. The maximum absolute atomic E-state index is 10.1. The van der Waals surface area contributed by atoms with Crippen LogP contribution in [0.5, 0.6) is 11.6 Å². The molecule has 4 aromatic rings. The zero-order valence-corrected chi connectivity index (χ0v) is 14.0. The second-order valence-electron chi connectivity index (χ2n) is 5.32. The maximum Gasteiger partial charge on any atom is 0.218 e. The van der Waals surface area contributed by atoms with Gasteiger partial charge in [-0.25, -0.2) is 4.98 Å². The molecule has 8 heteroatoms. The van der Waals surface area contributed by atoms with E-state index in [2.05, 4.69) is 20.2 Å². The summed E-state index contributed by atoms with van der Waals surface area (Å²) >= 11 is 12.0. The fraction of sp³-hybridized carbons (Fsp3) is 0. The highest BCUT2D eigenvalue weighted by atomic mass is 35.5. The molecule has 0 amide bonds. The molecule has 25 heavy (non-hydrogen) atoms. The summed E-state index contributed by atoms with van der Waals surface area (Å²) in [5.74, 6) is -0.0152. The van der Waals surface area contributed by atoms with Gasteiger partial charge in [0.25, 0.3) is 0 Å². The Kier molecular flexibility index (Phi) is 3.71. The topological polar surface area (TPSA) is 93.9 Å². The van der Waals surface area contributed by atoms with Gasteiger partial charge in [0.05, 0.1) is 15.6 Å². The Morgan fingerprint density at radius 1 is 0.920 bits per heavy atom. The number of aromatic amines is 1. The zero-order valence-electron chi connectivity index (χ0n) is 12.5. The smallest absolute Gasteiger partial charge is 0.218 e. The number of halogens is 2. The minimum Gasteiger partial charge on any atom is -0.504 e.